The van der Waals surface area contributed by atoms with Gasteiger partial charge in [-0.3, -0.25) is 4.79 Å². The lowest BCUT2D eigenvalue weighted by Crippen LogP contribution is -1.97. The van der Waals surface area contributed by atoms with Crippen molar-refractivity contribution in [2.45, 2.75) is 0 Å². The number of aromatic nitrogens is 1. The normalized spacial score (nSPS) is 10.5. The van der Waals surface area contributed by atoms with Gasteiger partial charge in [-0.2, -0.15) is 0 Å². The maximum absolute atomic E-state index is 14.1. The van der Waals surface area contributed by atoms with Crippen molar-refractivity contribution in [1.29, 1.82) is 0 Å². The van der Waals surface area contributed by atoms with Crippen LogP contribution in [0.3, 0.4) is 0 Å². The number of pyridine rings is 1. The van der Waals surface area contributed by atoms with Crippen molar-refractivity contribution in [3.8, 4) is 22.4 Å². The van der Waals surface area contributed by atoms with E-state index in [9.17, 15) is 13.6 Å². The van der Waals surface area contributed by atoms with Gasteiger partial charge in [0.2, 0.25) is 0 Å². The summed E-state index contributed by atoms with van der Waals surface area (Å²) in [6.07, 6.45) is 0.579. The van der Waals surface area contributed by atoms with Gasteiger partial charge in [-0.1, -0.05) is 30.3 Å². The smallest absolute Gasteiger partial charge is 0.168 e. The van der Waals surface area contributed by atoms with Crippen molar-refractivity contribution in [2.24, 2.45) is 0 Å². The molecule has 0 radical (unpaired) electrons. The van der Waals surface area contributed by atoms with Crippen LogP contribution in [0.25, 0.3) is 22.4 Å². The fraction of sp³-hybridized carbons (Fsp3) is 0. The second-order valence-electron chi connectivity index (χ2n) is 4.71. The fourth-order valence-electron chi connectivity index (χ4n) is 2.30. The van der Waals surface area contributed by atoms with E-state index in [1.807, 2.05) is 0 Å². The molecule has 0 N–H and O–H groups in total. The minimum absolute atomic E-state index is 0.165. The van der Waals surface area contributed by atoms with Gasteiger partial charge in [-0.05, 0) is 30.3 Å². The first-order valence-corrected chi connectivity index (χ1v) is 6.66. The number of hydrogen-bond acceptors (Lipinski definition) is 2. The maximum atomic E-state index is 14.1. The molecule has 0 aliphatic rings. The molecule has 2 aromatic carbocycles. The predicted molar refractivity (Wildman–Crippen MR) is 80.4 cm³/mol. The zero-order valence-corrected chi connectivity index (χ0v) is 11.5. The molecule has 4 heteroatoms. The average Bonchev–Trinajstić information content (AvgIpc) is 2.55. The quantitative estimate of drug-likeness (QED) is 0.666. The summed E-state index contributed by atoms with van der Waals surface area (Å²) in [7, 11) is 0. The number of nitrogens with zero attached hydrogens (tertiary/aromatic N) is 1. The molecule has 0 amide bonds. The number of hydrogen-bond donors (Lipinski definition) is 0. The van der Waals surface area contributed by atoms with E-state index < -0.39 is 11.6 Å². The highest BCUT2D eigenvalue weighted by Gasteiger charge is 2.15. The number of aldehydes is 1. The number of carbonyl (C=O) groups is 1. The Labute approximate surface area is 126 Å². The lowest BCUT2D eigenvalue weighted by molar-refractivity contribution is 0.111. The fourth-order valence-corrected chi connectivity index (χ4v) is 2.30. The highest BCUT2D eigenvalue weighted by atomic mass is 19.1. The molecule has 0 aliphatic heterocycles. The van der Waals surface area contributed by atoms with E-state index in [2.05, 4.69) is 4.98 Å². The molecule has 1 aromatic heterocycles. The highest BCUT2D eigenvalue weighted by Crippen LogP contribution is 2.33. The number of halogens is 2. The molecule has 0 saturated heterocycles. The number of benzene rings is 2. The zero-order valence-electron chi connectivity index (χ0n) is 11.5. The molecule has 22 heavy (non-hydrogen) atoms. The molecule has 0 atom stereocenters. The molecule has 2 nitrogen and oxygen atoms in total. The molecule has 0 bridgehead atoms. The standard InChI is InChI=1S/C18H11F2NO/c19-16-7-3-1-5-13(16)14-10-9-12(11-22)21-18(14)15-6-2-4-8-17(15)20/h1-11H. The second kappa shape index (κ2) is 5.85. The first kappa shape index (κ1) is 14.1. The summed E-state index contributed by atoms with van der Waals surface area (Å²) in [4.78, 5) is 15.1. The van der Waals surface area contributed by atoms with Gasteiger partial charge in [0.1, 0.15) is 17.3 Å². The Hall–Kier alpha value is -2.88. The molecule has 0 aliphatic carbocycles. The van der Waals surface area contributed by atoms with Crippen molar-refractivity contribution in [1.82, 2.24) is 4.98 Å². The van der Waals surface area contributed by atoms with Gasteiger partial charge in [0.15, 0.2) is 6.29 Å². The molecule has 0 saturated carbocycles. The Kier molecular flexibility index (Phi) is 3.74. The van der Waals surface area contributed by atoms with Crippen LogP contribution in [0.5, 0.6) is 0 Å². The summed E-state index contributed by atoms with van der Waals surface area (Å²) < 4.78 is 28.1. The van der Waals surface area contributed by atoms with Crippen LogP contribution in [-0.2, 0) is 0 Å². The van der Waals surface area contributed by atoms with Crippen LogP contribution >= 0.6 is 0 Å². The zero-order chi connectivity index (χ0) is 15.5. The van der Waals surface area contributed by atoms with E-state index in [4.69, 9.17) is 0 Å². The Morgan fingerprint density at radius 2 is 1.32 bits per heavy atom. The monoisotopic (exact) mass is 295 g/mol. The summed E-state index contributed by atoms with van der Waals surface area (Å²) >= 11 is 0. The van der Waals surface area contributed by atoms with Gasteiger partial charge in [-0.25, -0.2) is 13.8 Å². The summed E-state index contributed by atoms with van der Waals surface area (Å²) in [5, 5.41) is 0. The lowest BCUT2D eigenvalue weighted by atomic mass is 9.98. The Bertz CT molecular complexity index is 846. The molecule has 1 heterocycles. The summed E-state index contributed by atoms with van der Waals surface area (Å²) in [6.45, 7) is 0. The molecular weight excluding hydrogens is 284 g/mol. The van der Waals surface area contributed by atoms with Crippen molar-refractivity contribution in [2.75, 3.05) is 0 Å². The van der Waals surface area contributed by atoms with Crippen LogP contribution in [0.1, 0.15) is 10.5 Å². The molecular formula is C18H11F2NO. The van der Waals surface area contributed by atoms with Gasteiger partial charge in [0.05, 0.1) is 5.69 Å². The van der Waals surface area contributed by atoms with Crippen molar-refractivity contribution in [3.63, 3.8) is 0 Å². The first-order chi connectivity index (χ1) is 10.7. The van der Waals surface area contributed by atoms with Gasteiger partial charge < -0.3 is 0 Å². The van der Waals surface area contributed by atoms with Crippen LogP contribution in [0, 0.1) is 11.6 Å². The third-order valence-electron chi connectivity index (χ3n) is 3.33. The minimum Gasteiger partial charge on any atom is -0.296 e. The molecule has 0 unspecified atom stereocenters. The summed E-state index contributed by atoms with van der Waals surface area (Å²) in [5.41, 5.74) is 1.38. The topological polar surface area (TPSA) is 30.0 Å². The summed E-state index contributed by atoms with van der Waals surface area (Å²) in [5.74, 6) is -0.906. The van der Waals surface area contributed by atoms with E-state index in [1.54, 1.807) is 42.5 Å². The van der Waals surface area contributed by atoms with Crippen molar-refractivity contribution in [3.05, 3.63) is 78.0 Å². The van der Waals surface area contributed by atoms with Crippen LogP contribution < -0.4 is 0 Å². The van der Waals surface area contributed by atoms with Gasteiger partial charge in [-0.15, -0.1) is 0 Å². The third kappa shape index (κ3) is 2.51. The molecule has 3 rings (SSSR count). The van der Waals surface area contributed by atoms with Crippen LogP contribution in [0.2, 0.25) is 0 Å². The summed E-state index contributed by atoms with van der Waals surface area (Å²) in [6, 6.07) is 15.3. The van der Waals surface area contributed by atoms with E-state index >= 15 is 0 Å². The van der Waals surface area contributed by atoms with E-state index in [1.165, 1.54) is 18.2 Å². The highest BCUT2D eigenvalue weighted by molar-refractivity contribution is 5.84. The molecule has 3 aromatic rings. The molecule has 108 valence electrons. The van der Waals surface area contributed by atoms with Gasteiger partial charge >= 0.3 is 0 Å². The third-order valence-corrected chi connectivity index (χ3v) is 3.33. The molecule has 0 fully saturated rings. The SMILES string of the molecule is O=Cc1ccc(-c2ccccc2F)c(-c2ccccc2F)n1. The van der Waals surface area contributed by atoms with Crippen LogP contribution in [0.15, 0.2) is 60.7 Å². The van der Waals surface area contributed by atoms with E-state index in [0.29, 0.717) is 17.4 Å². The Morgan fingerprint density at radius 1 is 0.727 bits per heavy atom. The lowest BCUT2D eigenvalue weighted by Gasteiger charge is -2.11. The van der Waals surface area contributed by atoms with E-state index in [-0.39, 0.29) is 17.0 Å². The van der Waals surface area contributed by atoms with E-state index in [0.717, 1.165) is 0 Å². The van der Waals surface area contributed by atoms with Crippen molar-refractivity contribution >= 4 is 6.29 Å². The average molecular weight is 295 g/mol. The molecule has 0 spiro atoms. The first-order valence-electron chi connectivity index (χ1n) is 6.66. The Morgan fingerprint density at radius 3 is 1.91 bits per heavy atom. The number of rotatable bonds is 3. The van der Waals surface area contributed by atoms with Crippen LogP contribution in [-0.4, -0.2) is 11.3 Å². The largest absolute Gasteiger partial charge is 0.296 e. The second-order valence-corrected chi connectivity index (χ2v) is 4.71. The van der Waals surface area contributed by atoms with Crippen molar-refractivity contribution < 1.29 is 13.6 Å². The minimum atomic E-state index is -0.476. The van der Waals surface area contributed by atoms with Gasteiger partial charge in [0, 0.05) is 16.7 Å². The Balaban J connectivity index is 2.30. The predicted octanol–water partition coefficient (Wildman–Crippen LogP) is 4.51. The number of carbonyl (C=O) groups excluding carboxylic acids is 1. The van der Waals surface area contributed by atoms with Gasteiger partial charge in [0.25, 0.3) is 0 Å². The maximum Gasteiger partial charge on any atom is 0.168 e. The van der Waals surface area contributed by atoms with Crippen LogP contribution in [0.4, 0.5) is 8.78 Å².